The number of hydrogen-bond donors (Lipinski definition) is 3. The van der Waals surface area contributed by atoms with E-state index in [0.29, 0.717) is 31.6 Å². The molecule has 100 heavy (non-hydrogen) atoms. The first-order valence-electron chi connectivity index (χ1n) is 41.9. The molecular weight excluding hydrogens is 1310 g/mol. The van der Waals surface area contributed by atoms with E-state index in [4.69, 9.17) is 37.0 Å². The molecule has 0 aliphatic rings. The zero-order valence-electron chi connectivity index (χ0n) is 65.7. The zero-order valence-corrected chi connectivity index (χ0v) is 67.5. The van der Waals surface area contributed by atoms with Crippen molar-refractivity contribution in [3.05, 3.63) is 0 Å². The summed E-state index contributed by atoms with van der Waals surface area (Å²) in [5.74, 6) is 0.195. The Bertz CT molecular complexity index is 1940. The van der Waals surface area contributed by atoms with E-state index < -0.39 is 97.5 Å². The predicted octanol–water partition coefficient (Wildman–Crippen LogP) is 24.1. The lowest BCUT2D eigenvalue weighted by atomic mass is 9.99. The van der Waals surface area contributed by atoms with Gasteiger partial charge in [-0.05, 0) is 43.4 Å². The van der Waals surface area contributed by atoms with Gasteiger partial charge in [0.1, 0.15) is 19.3 Å². The van der Waals surface area contributed by atoms with Crippen LogP contribution in [-0.4, -0.2) is 96.7 Å². The number of hydrogen-bond acceptors (Lipinski definition) is 15. The minimum absolute atomic E-state index is 0.105. The summed E-state index contributed by atoms with van der Waals surface area (Å²) in [7, 11) is -9.92. The van der Waals surface area contributed by atoms with Crippen molar-refractivity contribution in [3.63, 3.8) is 0 Å². The fraction of sp³-hybridized carbons (Fsp3) is 0.951. The normalized spacial score (nSPS) is 14.2. The van der Waals surface area contributed by atoms with E-state index in [2.05, 4.69) is 48.5 Å². The van der Waals surface area contributed by atoms with E-state index >= 15 is 0 Å². The Labute approximate surface area is 613 Å². The van der Waals surface area contributed by atoms with Crippen LogP contribution >= 0.6 is 15.6 Å². The number of rotatable bonds is 79. The zero-order chi connectivity index (χ0) is 73.7. The molecule has 0 fully saturated rings. The summed E-state index contributed by atoms with van der Waals surface area (Å²) < 4.78 is 68.7. The summed E-state index contributed by atoms with van der Waals surface area (Å²) in [6, 6.07) is 0. The van der Waals surface area contributed by atoms with Gasteiger partial charge < -0.3 is 33.8 Å². The highest BCUT2D eigenvalue weighted by molar-refractivity contribution is 7.47. The number of carbonyl (C=O) groups is 4. The van der Waals surface area contributed by atoms with Gasteiger partial charge in [0.15, 0.2) is 12.2 Å². The van der Waals surface area contributed by atoms with Crippen molar-refractivity contribution in [2.45, 2.75) is 439 Å². The topological polar surface area (TPSA) is 237 Å². The van der Waals surface area contributed by atoms with Gasteiger partial charge in [-0.2, -0.15) is 0 Å². The first-order chi connectivity index (χ1) is 48.3. The molecule has 19 heteroatoms. The van der Waals surface area contributed by atoms with Gasteiger partial charge in [0.2, 0.25) is 0 Å². The first kappa shape index (κ1) is 98.1. The molecule has 0 aliphatic heterocycles. The SMILES string of the molecule is CCCCCCCCCCCCCCCCCCCCCC(=O)O[C@H](COC(=O)CCCCCCCCCCCCCCCCC(C)C)COP(=O)(O)OC[C@@H](O)COP(=O)(O)OC[C@@H](COC(=O)CCCCCCCCCC(C)C)OC(=O)CCCCCCCCCCCCC(C)CC. The molecule has 0 bridgehead atoms. The molecule has 0 rings (SSSR count). The largest absolute Gasteiger partial charge is 0.472 e. The molecule has 594 valence electrons. The van der Waals surface area contributed by atoms with Crippen LogP contribution in [0.2, 0.25) is 0 Å². The summed E-state index contributed by atoms with van der Waals surface area (Å²) >= 11 is 0. The highest BCUT2D eigenvalue weighted by Gasteiger charge is 2.30. The fourth-order valence-electron chi connectivity index (χ4n) is 12.5. The minimum atomic E-state index is -4.96. The third-order valence-corrected chi connectivity index (χ3v) is 21.1. The molecule has 6 atom stereocenters. The molecule has 0 saturated heterocycles. The summed E-state index contributed by atoms with van der Waals surface area (Å²) in [6.45, 7) is 11.9. The Kier molecular flexibility index (Phi) is 69.9. The van der Waals surface area contributed by atoms with Gasteiger partial charge in [-0.1, -0.05) is 370 Å². The summed E-state index contributed by atoms with van der Waals surface area (Å²) in [5, 5.41) is 10.6. The molecule has 17 nitrogen and oxygen atoms in total. The van der Waals surface area contributed by atoms with Gasteiger partial charge in [-0.3, -0.25) is 37.3 Å². The quantitative estimate of drug-likeness (QED) is 0.0222. The third-order valence-electron chi connectivity index (χ3n) is 19.2. The van der Waals surface area contributed by atoms with Crippen LogP contribution in [0.1, 0.15) is 421 Å². The van der Waals surface area contributed by atoms with Crippen LogP contribution in [0.5, 0.6) is 0 Å². The van der Waals surface area contributed by atoms with E-state index in [9.17, 15) is 43.2 Å². The maximum atomic E-state index is 13.1. The Morgan fingerprint density at radius 3 is 0.760 bits per heavy atom. The number of phosphoric acid groups is 2. The number of phosphoric ester groups is 2. The van der Waals surface area contributed by atoms with Crippen molar-refractivity contribution >= 4 is 39.5 Å². The molecule has 0 aromatic rings. The lowest BCUT2D eigenvalue weighted by Crippen LogP contribution is -2.30. The molecule has 0 spiro atoms. The Hall–Kier alpha value is -1.94. The number of aliphatic hydroxyl groups excluding tert-OH is 1. The van der Waals surface area contributed by atoms with Crippen LogP contribution in [0.15, 0.2) is 0 Å². The first-order valence-corrected chi connectivity index (χ1v) is 44.9. The number of unbranched alkanes of at least 4 members (excludes halogenated alkanes) is 46. The van der Waals surface area contributed by atoms with Gasteiger partial charge >= 0.3 is 39.5 Å². The number of ether oxygens (including phenoxy) is 4. The fourth-order valence-corrected chi connectivity index (χ4v) is 14.0. The molecule has 0 aromatic carbocycles. The second-order valence-electron chi connectivity index (χ2n) is 30.4. The minimum Gasteiger partial charge on any atom is -0.462 e. The molecule has 3 N–H and O–H groups in total. The lowest BCUT2D eigenvalue weighted by Gasteiger charge is -2.21. The van der Waals surface area contributed by atoms with Gasteiger partial charge in [0, 0.05) is 25.7 Å². The van der Waals surface area contributed by atoms with E-state index in [1.54, 1.807) is 0 Å². The van der Waals surface area contributed by atoms with Crippen LogP contribution in [0, 0.1) is 17.8 Å². The average molecular weight is 1470 g/mol. The summed E-state index contributed by atoms with van der Waals surface area (Å²) in [6.07, 6.45) is 59.7. The summed E-state index contributed by atoms with van der Waals surface area (Å²) in [5.41, 5.74) is 0. The van der Waals surface area contributed by atoms with Crippen molar-refractivity contribution in [2.24, 2.45) is 17.8 Å². The van der Waals surface area contributed by atoms with Crippen molar-refractivity contribution in [2.75, 3.05) is 39.6 Å². The average Bonchev–Trinajstić information content (AvgIpc) is 0.936. The Morgan fingerprint density at radius 1 is 0.290 bits per heavy atom. The van der Waals surface area contributed by atoms with Crippen molar-refractivity contribution in [1.29, 1.82) is 0 Å². The van der Waals surface area contributed by atoms with Crippen molar-refractivity contribution in [3.8, 4) is 0 Å². The molecule has 0 radical (unpaired) electrons. The smallest absolute Gasteiger partial charge is 0.462 e. The number of esters is 4. The van der Waals surface area contributed by atoms with E-state index in [0.717, 1.165) is 108 Å². The lowest BCUT2D eigenvalue weighted by molar-refractivity contribution is -0.161. The Balaban J connectivity index is 5.24. The molecule has 0 saturated carbocycles. The van der Waals surface area contributed by atoms with Gasteiger partial charge in [0.05, 0.1) is 26.4 Å². The molecule has 0 heterocycles. The standard InChI is InChI=1S/C81H158O17P2/c1-8-10-11-12-13-14-15-16-17-18-19-20-21-26-29-35-42-50-57-64-80(85)97-76(68-91-78(83)62-55-48-41-34-28-25-23-22-24-27-32-38-45-52-59-72(3)4)70-95-99(87,88)93-66-75(82)67-94-100(89,90)96-71-77(69-92-79(84)63-56-49-44-37-39-46-53-60-73(5)6)98-81(86)65-58-51-43-36-31-30-33-40-47-54-61-74(7)9-2/h72-77,82H,8-71H2,1-7H3,(H,87,88)(H,89,90)/t74?,75-,76-,77-/m1/s1. The maximum Gasteiger partial charge on any atom is 0.472 e. The number of aliphatic hydroxyl groups is 1. The summed E-state index contributed by atoms with van der Waals surface area (Å²) in [4.78, 5) is 73.0. The number of carbonyl (C=O) groups excluding carboxylic acids is 4. The predicted molar refractivity (Wildman–Crippen MR) is 409 cm³/mol. The van der Waals surface area contributed by atoms with Crippen LogP contribution in [0.3, 0.4) is 0 Å². The molecule has 0 aliphatic carbocycles. The molecule has 0 aromatic heterocycles. The maximum absolute atomic E-state index is 13.1. The van der Waals surface area contributed by atoms with Gasteiger partial charge in [-0.25, -0.2) is 9.13 Å². The highest BCUT2D eigenvalue weighted by atomic mass is 31.2. The van der Waals surface area contributed by atoms with Crippen molar-refractivity contribution < 1.29 is 80.2 Å². The molecule has 0 amide bonds. The van der Waals surface area contributed by atoms with Gasteiger partial charge in [0.25, 0.3) is 0 Å². The van der Waals surface area contributed by atoms with Crippen LogP contribution in [0.4, 0.5) is 0 Å². The van der Waals surface area contributed by atoms with Crippen LogP contribution in [-0.2, 0) is 65.4 Å². The van der Waals surface area contributed by atoms with Gasteiger partial charge in [-0.15, -0.1) is 0 Å². The third kappa shape index (κ3) is 73.0. The highest BCUT2D eigenvalue weighted by Crippen LogP contribution is 2.45. The van der Waals surface area contributed by atoms with Crippen molar-refractivity contribution in [1.82, 2.24) is 0 Å². The molecule has 3 unspecified atom stereocenters. The molecular formula is C81H158O17P2. The van der Waals surface area contributed by atoms with E-state index in [1.165, 1.54) is 225 Å². The van der Waals surface area contributed by atoms with E-state index in [-0.39, 0.29) is 25.7 Å². The van der Waals surface area contributed by atoms with Crippen LogP contribution in [0.25, 0.3) is 0 Å². The second kappa shape index (κ2) is 71.3. The van der Waals surface area contributed by atoms with Crippen LogP contribution < -0.4 is 0 Å². The van der Waals surface area contributed by atoms with E-state index in [1.807, 2.05) is 0 Å². The Morgan fingerprint density at radius 2 is 0.510 bits per heavy atom. The monoisotopic (exact) mass is 1470 g/mol. The second-order valence-corrected chi connectivity index (χ2v) is 33.3.